The Morgan fingerprint density at radius 3 is 2.62 bits per heavy atom. The standard InChI is InChI=1S/C9H7.C3H6NO2.C2H7Si.2ClH.Ti/c1-2-5-9-7-3-6-8(9)4-1;4-3(6)1-2-5;1-3-2;;;/h1-7H;2,5H,1H2,(H2,4,6);3H,1-2H3;2*1H;/q;;;;;+2/p-2. The van der Waals surface area contributed by atoms with Gasteiger partial charge < -0.3 is 0 Å². The Kier molecular flexibility index (Phi) is 4.80. The Bertz CT molecular complexity index is 606. The molecule has 0 aliphatic heterocycles. The van der Waals surface area contributed by atoms with E-state index in [9.17, 15) is 9.90 Å². The number of halogens is 2. The summed E-state index contributed by atoms with van der Waals surface area (Å²) in [7, 11) is 14.1. The van der Waals surface area contributed by atoms with Crippen LogP contribution in [0.1, 0.15) is 21.8 Å². The number of carbonyl (C=O) groups is 1. The van der Waals surface area contributed by atoms with E-state index in [2.05, 4.69) is 13.1 Å². The molecular weight excluding hydrogens is 361 g/mol. The summed E-state index contributed by atoms with van der Waals surface area (Å²) < 4.78 is -1.18. The van der Waals surface area contributed by atoms with Crippen molar-refractivity contribution in [2.45, 2.75) is 28.1 Å². The molecule has 0 saturated heterocycles. The first-order valence-electron chi connectivity index (χ1n) is 6.98. The summed E-state index contributed by atoms with van der Waals surface area (Å²) in [5, 5.41) is 10.7. The monoisotopic (exact) mass is 380 g/mol. The van der Waals surface area contributed by atoms with Crippen LogP contribution in [0.5, 0.6) is 0 Å². The van der Waals surface area contributed by atoms with Crippen LogP contribution >= 0.6 is 18.6 Å². The van der Waals surface area contributed by atoms with Gasteiger partial charge in [0.2, 0.25) is 0 Å². The Morgan fingerprint density at radius 2 is 2.05 bits per heavy atom. The molecule has 2 atom stereocenters. The number of primary amides is 1. The van der Waals surface area contributed by atoms with Crippen molar-refractivity contribution in [1.29, 1.82) is 0 Å². The fourth-order valence-corrected chi connectivity index (χ4v) is 19.0. The Morgan fingerprint density at radius 1 is 1.43 bits per heavy atom. The summed E-state index contributed by atoms with van der Waals surface area (Å²) in [6, 6.07) is 7.92. The Balaban J connectivity index is 2.54. The molecule has 0 spiro atoms. The topological polar surface area (TPSA) is 63.3 Å². The Hall–Kier alpha value is -0.0988. The van der Waals surface area contributed by atoms with Gasteiger partial charge in [0.05, 0.1) is 0 Å². The summed E-state index contributed by atoms with van der Waals surface area (Å²) in [5.41, 5.74) is 7.40. The van der Waals surface area contributed by atoms with Crippen LogP contribution in [0.2, 0.25) is 13.1 Å². The van der Waals surface area contributed by atoms with Crippen molar-refractivity contribution in [3.8, 4) is 0 Å². The molecule has 0 saturated carbocycles. The van der Waals surface area contributed by atoms with Crippen LogP contribution in [0.4, 0.5) is 0 Å². The molecule has 3 N–H and O–H groups in total. The molecule has 1 aliphatic carbocycles. The maximum atomic E-state index is 11.3. The third-order valence-corrected chi connectivity index (χ3v) is 39.9. The van der Waals surface area contributed by atoms with Gasteiger partial charge in [-0.2, -0.15) is 0 Å². The quantitative estimate of drug-likeness (QED) is 0.771. The second-order valence-corrected chi connectivity index (χ2v) is 35.5. The van der Waals surface area contributed by atoms with E-state index in [0.717, 1.165) is 11.1 Å². The number of hydrogen-bond donors (Lipinski definition) is 2. The first kappa shape index (κ1) is 17.3. The van der Waals surface area contributed by atoms with Gasteiger partial charge in [-0.05, 0) is 0 Å². The summed E-state index contributed by atoms with van der Waals surface area (Å²) in [4.78, 5) is 11.3. The molecule has 0 heterocycles. The molecule has 7 heteroatoms. The van der Waals surface area contributed by atoms with Crippen LogP contribution in [0.15, 0.2) is 30.3 Å². The molecular formula is C14H20Cl2NO2SiTi. The van der Waals surface area contributed by atoms with Gasteiger partial charge in [0.1, 0.15) is 0 Å². The van der Waals surface area contributed by atoms with Crippen molar-refractivity contribution >= 4 is 37.3 Å². The van der Waals surface area contributed by atoms with Crippen molar-refractivity contribution in [3.63, 3.8) is 0 Å². The third-order valence-electron chi connectivity index (χ3n) is 4.53. The average molecular weight is 381 g/mol. The summed E-state index contributed by atoms with van der Waals surface area (Å²) in [5.74, 6) is -0.566. The molecule has 1 aromatic carbocycles. The zero-order valence-corrected chi connectivity index (χ0v) is 16.3. The van der Waals surface area contributed by atoms with E-state index in [-0.39, 0.29) is 10.6 Å². The number of hydrogen-bond acceptors (Lipinski definition) is 2. The zero-order chi connectivity index (χ0) is 15.9. The molecule has 0 fully saturated rings. The van der Waals surface area contributed by atoms with E-state index in [1.54, 1.807) is 0 Å². The summed E-state index contributed by atoms with van der Waals surface area (Å²) in [6.45, 7) is 2.47. The van der Waals surface area contributed by atoms with Crippen LogP contribution in [-0.4, -0.2) is 22.1 Å². The second-order valence-electron chi connectivity index (χ2n) is 6.03. The first-order valence-corrected chi connectivity index (χ1v) is 18.7. The van der Waals surface area contributed by atoms with Gasteiger partial charge in [0.25, 0.3) is 0 Å². The SMILES string of the molecule is C[SiH](C)[Ti]([Cl])([Cl])([CH](O)CC(N)=O)[CH]1C=Cc2ccccc21. The van der Waals surface area contributed by atoms with Gasteiger partial charge >= 0.3 is 135 Å². The predicted octanol–water partition coefficient (Wildman–Crippen LogP) is 2.93. The van der Waals surface area contributed by atoms with Gasteiger partial charge in [-0.1, -0.05) is 0 Å². The van der Waals surface area contributed by atoms with Crippen LogP contribution in [-0.2, 0) is 17.2 Å². The number of carbonyl (C=O) groups excluding carboxylic acids is 1. The Labute approximate surface area is 134 Å². The van der Waals surface area contributed by atoms with Crippen LogP contribution in [0.3, 0.4) is 0 Å². The zero-order valence-electron chi connectivity index (χ0n) is 12.1. The molecule has 0 radical (unpaired) electrons. The molecule has 0 bridgehead atoms. The minimum absolute atomic E-state index is 0.164. The van der Waals surface area contributed by atoms with Gasteiger partial charge in [0, 0.05) is 0 Å². The minimum atomic E-state index is -4.37. The molecule has 2 unspecified atom stereocenters. The average Bonchev–Trinajstić information content (AvgIpc) is 2.82. The van der Waals surface area contributed by atoms with E-state index in [4.69, 9.17) is 24.3 Å². The normalized spacial score (nSPS) is 20.9. The van der Waals surface area contributed by atoms with Crippen molar-refractivity contribution in [2.75, 3.05) is 0 Å². The number of rotatable bonds is 5. The van der Waals surface area contributed by atoms with Gasteiger partial charge in [-0.3, -0.25) is 0 Å². The van der Waals surface area contributed by atoms with E-state index in [0.29, 0.717) is 0 Å². The fraction of sp³-hybridized carbons (Fsp3) is 0.357. The molecule has 21 heavy (non-hydrogen) atoms. The molecule has 3 nitrogen and oxygen atoms in total. The molecule has 1 aromatic rings. The third kappa shape index (κ3) is 2.78. The molecule has 2 rings (SSSR count). The van der Waals surface area contributed by atoms with Gasteiger partial charge in [-0.25, -0.2) is 0 Å². The molecule has 115 valence electrons. The second kappa shape index (κ2) is 5.84. The van der Waals surface area contributed by atoms with Gasteiger partial charge in [-0.15, -0.1) is 0 Å². The number of nitrogens with two attached hydrogens (primary N) is 1. The number of allylic oxidation sites excluding steroid dienone is 1. The van der Waals surface area contributed by atoms with E-state index >= 15 is 0 Å². The summed E-state index contributed by atoms with van der Waals surface area (Å²) >= 11 is -4.37. The van der Waals surface area contributed by atoms with Crippen molar-refractivity contribution in [1.82, 2.24) is 0 Å². The molecule has 1 aliphatic rings. The number of fused-ring (bicyclic) bond motifs is 1. The number of aliphatic hydroxyl groups excluding tert-OH is 1. The van der Waals surface area contributed by atoms with E-state index in [1.807, 2.05) is 36.4 Å². The van der Waals surface area contributed by atoms with Gasteiger partial charge in [0.15, 0.2) is 0 Å². The van der Waals surface area contributed by atoms with Crippen molar-refractivity contribution in [3.05, 3.63) is 41.5 Å². The van der Waals surface area contributed by atoms with Crippen LogP contribution in [0, 0.1) is 0 Å². The summed E-state index contributed by atoms with van der Waals surface area (Å²) in [6.07, 6.45) is 3.84. The van der Waals surface area contributed by atoms with E-state index < -0.39 is 29.4 Å². The number of amides is 1. The molecule has 0 aromatic heterocycles. The number of aliphatic hydroxyl groups is 1. The predicted molar refractivity (Wildman–Crippen MR) is 88.6 cm³/mol. The first-order chi connectivity index (χ1) is 9.67. The van der Waals surface area contributed by atoms with Crippen molar-refractivity contribution < 1.29 is 22.3 Å². The fourth-order valence-electron chi connectivity index (χ4n) is 3.07. The van der Waals surface area contributed by atoms with Crippen molar-refractivity contribution in [2.24, 2.45) is 5.73 Å². The van der Waals surface area contributed by atoms with Crippen LogP contribution in [0.25, 0.3) is 6.08 Å². The van der Waals surface area contributed by atoms with Crippen LogP contribution < -0.4 is 5.73 Å². The molecule has 1 amide bonds. The van der Waals surface area contributed by atoms with E-state index in [1.165, 1.54) is 0 Å². The number of benzene rings is 1. The maximum absolute atomic E-state index is 11.3.